The molecule has 0 heterocycles. The van der Waals surface area contributed by atoms with Crippen LogP contribution in [0.5, 0.6) is 0 Å². The third-order valence-corrected chi connectivity index (χ3v) is 3.33. The monoisotopic (exact) mass is 208 g/mol. The highest BCUT2D eigenvalue weighted by Crippen LogP contribution is 2.24. The first-order valence-corrected chi connectivity index (χ1v) is 5.84. The second kappa shape index (κ2) is 5.16. The van der Waals surface area contributed by atoms with Gasteiger partial charge in [-0.25, -0.2) is 0 Å². The molecule has 1 unspecified atom stereocenters. The van der Waals surface area contributed by atoms with Gasteiger partial charge in [0.25, 0.3) is 0 Å². The Labute approximate surface area is 91.9 Å². The van der Waals surface area contributed by atoms with Crippen LogP contribution in [0, 0.1) is 17.2 Å². The summed E-state index contributed by atoms with van der Waals surface area (Å²) in [5, 5.41) is 11.8. The van der Waals surface area contributed by atoms with Crippen molar-refractivity contribution < 1.29 is 4.79 Å². The van der Waals surface area contributed by atoms with Crippen molar-refractivity contribution in [2.45, 2.75) is 57.9 Å². The van der Waals surface area contributed by atoms with Gasteiger partial charge in [0.05, 0.1) is 6.07 Å². The van der Waals surface area contributed by atoms with Crippen LogP contribution in [0.15, 0.2) is 0 Å². The van der Waals surface area contributed by atoms with E-state index in [0.717, 1.165) is 25.7 Å². The van der Waals surface area contributed by atoms with E-state index in [2.05, 4.69) is 11.4 Å². The van der Waals surface area contributed by atoms with E-state index in [1.54, 1.807) is 6.92 Å². The zero-order valence-corrected chi connectivity index (χ0v) is 9.68. The molecular weight excluding hydrogens is 188 g/mol. The number of rotatable bonds is 3. The molecular formula is C12H20N2O. The highest BCUT2D eigenvalue weighted by molar-refractivity contribution is 5.79. The van der Waals surface area contributed by atoms with Gasteiger partial charge in [-0.1, -0.05) is 26.2 Å². The molecule has 3 nitrogen and oxygen atoms in total. The zero-order chi connectivity index (χ0) is 11.3. The normalized spacial score (nSPS) is 21.4. The molecule has 0 spiro atoms. The predicted octanol–water partition coefficient (Wildman–Crippen LogP) is 2.38. The van der Waals surface area contributed by atoms with E-state index in [9.17, 15) is 4.79 Å². The van der Waals surface area contributed by atoms with Crippen LogP contribution in [0.1, 0.15) is 52.4 Å². The average Bonchev–Trinajstić information content (AvgIpc) is 2.30. The molecule has 3 heteroatoms. The number of nitriles is 1. The molecule has 1 rings (SSSR count). The molecule has 1 aliphatic rings. The van der Waals surface area contributed by atoms with Crippen LogP contribution >= 0.6 is 0 Å². The summed E-state index contributed by atoms with van der Waals surface area (Å²) < 4.78 is 0. The topological polar surface area (TPSA) is 52.9 Å². The Morgan fingerprint density at radius 2 is 2.07 bits per heavy atom. The van der Waals surface area contributed by atoms with Crippen molar-refractivity contribution in [3.8, 4) is 6.07 Å². The van der Waals surface area contributed by atoms with Crippen molar-refractivity contribution in [1.82, 2.24) is 5.32 Å². The van der Waals surface area contributed by atoms with Gasteiger partial charge in [0.1, 0.15) is 5.54 Å². The molecule has 1 atom stereocenters. The van der Waals surface area contributed by atoms with Crippen LogP contribution in [-0.2, 0) is 4.79 Å². The van der Waals surface area contributed by atoms with Gasteiger partial charge in [-0.3, -0.25) is 4.79 Å². The fourth-order valence-electron chi connectivity index (χ4n) is 1.93. The van der Waals surface area contributed by atoms with Gasteiger partial charge in [0.15, 0.2) is 0 Å². The lowest BCUT2D eigenvalue weighted by Crippen LogP contribution is -2.47. The number of nitrogens with one attached hydrogen (secondary N) is 1. The van der Waals surface area contributed by atoms with E-state index >= 15 is 0 Å². The number of carbonyl (C=O) groups is 1. The molecule has 1 aliphatic carbocycles. The highest BCUT2D eigenvalue weighted by Gasteiger charge is 2.28. The standard InChI is InChI=1S/C12H20N2O/c1-3-12(2,9-13)14-11(15)10-7-5-4-6-8-10/h10H,3-8H2,1-2H3,(H,14,15). The third-order valence-electron chi connectivity index (χ3n) is 3.33. The van der Waals surface area contributed by atoms with E-state index in [0.29, 0.717) is 6.42 Å². The van der Waals surface area contributed by atoms with Gasteiger partial charge in [-0.15, -0.1) is 0 Å². The molecule has 0 aromatic heterocycles. The Hall–Kier alpha value is -1.04. The van der Waals surface area contributed by atoms with Gasteiger partial charge < -0.3 is 5.32 Å². The molecule has 0 aromatic carbocycles. The average molecular weight is 208 g/mol. The lowest BCUT2D eigenvalue weighted by Gasteiger charge is -2.27. The molecule has 1 saturated carbocycles. The van der Waals surface area contributed by atoms with Crippen molar-refractivity contribution in [1.29, 1.82) is 5.26 Å². The minimum absolute atomic E-state index is 0.0700. The second-order valence-electron chi connectivity index (χ2n) is 4.62. The molecule has 15 heavy (non-hydrogen) atoms. The van der Waals surface area contributed by atoms with E-state index in [1.807, 2.05) is 6.92 Å². The maximum atomic E-state index is 11.9. The first-order valence-electron chi connectivity index (χ1n) is 5.84. The van der Waals surface area contributed by atoms with Crippen molar-refractivity contribution >= 4 is 5.91 Å². The second-order valence-corrected chi connectivity index (χ2v) is 4.62. The molecule has 0 aromatic rings. The van der Waals surface area contributed by atoms with Crippen molar-refractivity contribution in [2.24, 2.45) is 5.92 Å². The maximum absolute atomic E-state index is 11.9. The summed E-state index contributed by atoms with van der Waals surface area (Å²) in [4.78, 5) is 11.9. The number of nitrogens with zero attached hydrogens (tertiary/aromatic N) is 1. The zero-order valence-electron chi connectivity index (χ0n) is 9.68. The fraction of sp³-hybridized carbons (Fsp3) is 0.833. The summed E-state index contributed by atoms with van der Waals surface area (Å²) in [7, 11) is 0. The Morgan fingerprint density at radius 1 is 1.47 bits per heavy atom. The van der Waals surface area contributed by atoms with Crippen molar-refractivity contribution in [3.63, 3.8) is 0 Å². The molecule has 0 aliphatic heterocycles. The van der Waals surface area contributed by atoms with E-state index in [-0.39, 0.29) is 11.8 Å². The number of carbonyl (C=O) groups excluding carboxylic acids is 1. The highest BCUT2D eigenvalue weighted by atomic mass is 16.2. The first kappa shape index (κ1) is 12.0. The summed E-state index contributed by atoms with van der Waals surface area (Å²) in [6.45, 7) is 3.71. The molecule has 1 fully saturated rings. The Bertz CT molecular complexity index is 263. The van der Waals surface area contributed by atoms with Gasteiger partial charge in [-0.05, 0) is 26.2 Å². The lowest BCUT2D eigenvalue weighted by atomic mass is 9.87. The number of hydrogen-bond donors (Lipinski definition) is 1. The van der Waals surface area contributed by atoms with Gasteiger partial charge >= 0.3 is 0 Å². The molecule has 84 valence electrons. The summed E-state index contributed by atoms with van der Waals surface area (Å²) in [5.74, 6) is 0.207. The summed E-state index contributed by atoms with van der Waals surface area (Å²) in [6.07, 6.45) is 6.16. The Morgan fingerprint density at radius 3 is 2.53 bits per heavy atom. The summed E-state index contributed by atoms with van der Waals surface area (Å²) in [5.41, 5.74) is -0.686. The van der Waals surface area contributed by atoms with Crippen molar-refractivity contribution in [3.05, 3.63) is 0 Å². The summed E-state index contributed by atoms with van der Waals surface area (Å²) in [6, 6.07) is 2.17. The van der Waals surface area contributed by atoms with Crippen LogP contribution in [0.3, 0.4) is 0 Å². The molecule has 0 radical (unpaired) electrons. The van der Waals surface area contributed by atoms with E-state index in [4.69, 9.17) is 5.26 Å². The Kier molecular flexibility index (Phi) is 4.14. The number of hydrogen-bond acceptors (Lipinski definition) is 2. The van der Waals surface area contributed by atoms with Crippen LogP contribution in [0.25, 0.3) is 0 Å². The van der Waals surface area contributed by atoms with Crippen molar-refractivity contribution in [2.75, 3.05) is 0 Å². The van der Waals surface area contributed by atoms with Gasteiger partial charge in [-0.2, -0.15) is 5.26 Å². The van der Waals surface area contributed by atoms with Gasteiger partial charge in [0.2, 0.25) is 5.91 Å². The van der Waals surface area contributed by atoms with Crippen LogP contribution in [0.2, 0.25) is 0 Å². The SMILES string of the molecule is CCC(C)(C#N)NC(=O)C1CCCCC1. The summed E-state index contributed by atoms with van der Waals surface area (Å²) >= 11 is 0. The van der Waals surface area contributed by atoms with Gasteiger partial charge in [0, 0.05) is 5.92 Å². The lowest BCUT2D eigenvalue weighted by molar-refractivity contribution is -0.127. The van der Waals surface area contributed by atoms with Crippen LogP contribution in [-0.4, -0.2) is 11.4 Å². The predicted molar refractivity (Wildman–Crippen MR) is 59.0 cm³/mol. The fourth-order valence-corrected chi connectivity index (χ4v) is 1.93. The minimum Gasteiger partial charge on any atom is -0.338 e. The molecule has 1 amide bonds. The van der Waals surface area contributed by atoms with Crippen LogP contribution < -0.4 is 5.32 Å². The largest absolute Gasteiger partial charge is 0.338 e. The Balaban J connectivity index is 2.50. The molecule has 0 saturated heterocycles. The van der Waals surface area contributed by atoms with Crippen LogP contribution in [0.4, 0.5) is 0 Å². The van der Waals surface area contributed by atoms with E-state index in [1.165, 1.54) is 6.42 Å². The molecule has 1 N–H and O–H groups in total. The number of amides is 1. The molecule has 0 bridgehead atoms. The maximum Gasteiger partial charge on any atom is 0.224 e. The van der Waals surface area contributed by atoms with E-state index < -0.39 is 5.54 Å². The smallest absolute Gasteiger partial charge is 0.224 e. The first-order chi connectivity index (χ1) is 7.11. The quantitative estimate of drug-likeness (QED) is 0.774. The minimum atomic E-state index is -0.686. The third kappa shape index (κ3) is 3.23.